The summed E-state index contributed by atoms with van der Waals surface area (Å²) in [6.45, 7) is 0.576. The Balaban J connectivity index is 2.21. The van der Waals surface area contributed by atoms with Crippen LogP contribution in [0, 0.1) is 11.3 Å². The minimum Gasteiger partial charge on any atom is -0.384 e. The van der Waals surface area contributed by atoms with Crippen molar-refractivity contribution in [1.29, 1.82) is 5.41 Å². The van der Waals surface area contributed by atoms with E-state index in [2.05, 4.69) is 15.9 Å². The van der Waals surface area contributed by atoms with E-state index in [-0.39, 0.29) is 18.8 Å². The van der Waals surface area contributed by atoms with E-state index >= 15 is 0 Å². The second kappa shape index (κ2) is 5.63. The fourth-order valence-electron chi connectivity index (χ4n) is 2.39. The number of piperidine rings is 1. The summed E-state index contributed by atoms with van der Waals surface area (Å²) < 4.78 is 39.1. The fourth-order valence-corrected chi connectivity index (χ4v) is 3.02. The molecule has 110 valence electrons. The maximum absolute atomic E-state index is 12.8. The first-order valence-corrected chi connectivity index (χ1v) is 7.04. The summed E-state index contributed by atoms with van der Waals surface area (Å²) in [5, 5.41) is 7.36. The standard InChI is InChI=1S/C13H15BrF3N3/c14-10-6-8(12(18)19)3-4-11(10)20-5-1-2-9(7-20)13(15,16)17/h3-4,6,9H,1-2,5,7H2,(H3,18,19). The third-order valence-electron chi connectivity index (χ3n) is 3.48. The van der Waals surface area contributed by atoms with Crippen molar-refractivity contribution in [2.75, 3.05) is 18.0 Å². The molecule has 0 aromatic heterocycles. The van der Waals surface area contributed by atoms with Gasteiger partial charge >= 0.3 is 6.18 Å². The first kappa shape index (κ1) is 15.2. The molecule has 1 aliphatic rings. The van der Waals surface area contributed by atoms with Gasteiger partial charge in [-0.2, -0.15) is 13.2 Å². The van der Waals surface area contributed by atoms with E-state index in [9.17, 15) is 13.2 Å². The molecular formula is C13H15BrF3N3. The summed E-state index contributed by atoms with van der Waals surface area (Å²) in [5.74, 6) is -1.35. The van der Waals surface area contributed by atoms with Gasteiger partial charge in [0.2, 0.25) is 0 Å². The summed E-state index contributed by atoms with van der Waals surface area (Å²) in [6.07, 6.45) is -3.45. The Morgan fingerprint density at radius 3 is 2.65 bits per heavy atom. The molecule has 1 aliphatic heterocycles. The van der Waals surface area contributed by atoms with E-state index in [1.165, 1.54) is 0 Å². The molecule has 1 aromatic carbocycles. The SMILES string of the molecule is N=C(N)c1ccc(N2CCCC(C(F)(F)F)C2)c(Br)c1. The van der Waals surface area contributed by atoms with Crippen molar-refractivity contribution < 1.29 is 13.2 Å². The number of amidine groups is 1. The first-order valence-electron chi connectivity index (χ1n) is 6.24. The quantitative estimate of drug-likeness (QED) is 0.634. The predicted octanol–water partition coefficient (Wildman–Crippen LogP) is 3.51. The molecule has 0 aliphatic carbocycles. The van der Waals surface area contributed by atoms with Gasteiger partial charge in [-0.25, -0.2) is 0 Å². The molecule has 0 spiro atoms. The average Bonchev–Trinajstić information content (AvgIpc) is 2.37. The number of nitrogen functional groups attached to an aromatic ring is 1. The number of hydrogen-bond donors (Lipinski definition) is 2. The molecule has 1 fully saturated rings. The highest BCUT2D eigenvalue weighted by Crippen LogP contribution is 2.37. The maximum Gasteiger partial charge on any atom is 0.393 e. The highest BCUT2D eigenvalue weighted by Gasteiger charge is 2.42. The lowest BCUT2D eigenvalue weighted by Crippen LogP contribution is -2.41. The number of alkyl halides is 3. The Bertz CT molecular complexity index is 516. The Kier molecular flexibility index (Phi) is 4.27. The van der Waals surface area contributed by atoms with Gasteiger partial charge in [0.25, 0.3) is 0 Å². The van der Waals surface area contributed by atoms with Crippen molar-refractivity contribution in [1.82, 2.24) is 0 Å². The zero-order valence-corrected chi connectivity index (χ0v) is 12.3. The first-order chi connectivity index (χ1) is 9.29. The molecule has 7 heteroatoms. The normalized spacial score (nSPS) is 20.0. The number of nitrogens with two attached hydrogens (primary N) is 1. The van der Waals surface area contributed by atoms with Crippen LogP contribution in [-0.4, -0.2) is 25.1 Å². The predicted molar refractivity (Wildman–Crippen MR) is 76.2 cm³/mol. The zero-order valence-electron chi connectivity index (χ0n) is 10.7. The zero-order chi connectivity index (χ0) is 14.9. The van der Waals surface area contributed by atoms with Crippen LogP contribution in [0.5, 0.6) is 0 Å². The highest BCUT2D eigenvalue weighted by molar-refractivity contribution is 9.10. The molecule has 0 bridgehead atoms. The molecule has 0 saturated carbocycles. The Hall–Kier alpha value is -1.24. The summed E-state index contributed by atoms with van der Waals surface area (Å²) in [4.78, 5) is 1.73. The number of benzene rings is 1. The summed E-state index contributed by atoms with van der Waals surface area (Å²) >= 11 is 3.35. The third kappa shape index (κ3) is 3.26. The Labute approximate surface area is 123 Å². The van der Waals surface area contributed by atoms with Crippen LogP contribution in [0.4, 0.5) is 18.9 Å². The molecule has 1 atom stereocenters. The average molecular weight is 350 g/mol. The van der Waals surface area contributed by atoms with Crippen LogP contribution in [0.2, 0.25) is 0 Å². The van der Waals surface area contributed by atoms with Crippen LogP contribution in [0.1, 0.15) is 18.4 Å². The van der Waals surface area contributed by atoms with Gasteiger partial charge in [-0.1, -0.05) is 0 Å². The van der Waals surface area contributed by atoms with Crippen molar-refractivity contribution in [2.24, 2.45) is 11.7 Å². The fraction of sp³-hybridized carbons (Fsp3) is 0.462. The number of hydrogen-bond acceptors (Lipinski definition) is 2. The van der Waals surface area contributed by atoms with E-state index in [0.717, 1.165) is 0 Å². The van der Waals surface area contributed by atoms with Gasteiger partial charge in [-0.3, -0.25) is 5.41 Å². The van der Waals surface area contributed by atoms with Crippen LogP contribution >= 0.6 is 15.9 Å². The van der Waals surface area contributed by atoms with Gasteiger partial charge in [0.1, 0.15) is 5.84 Å². The molecule has 3 nitrogen and oxygen atoms in total. The Morgan fingerprint density at radius 1 is 1.40 bits per heavy atom. The van der Waals surface area contributed by atoms with Gasteiger partial charge in [0.05, 0.1) is 11.6 Å². The smallest absolute Gasteiger partial charge is 0.384 e. The van der Waals surface area contributed by atoms with Crippen LogP contribution in [0.3, 0.4) is 0 Å². The van der Waals surface area contributed by atoms with Crippen molar-refractivity contribution in [3.8, 4) is 0 Å². The molecular weight excluding hydrogens is 335 g/mol. The van der Waals surface area contributed by atoms with Crippen molar-refractivity contribution >= 4 is 27.5 Å². The van der Waals surface area contributed by atoms with Crippen molar-refractivity contribution in [3.05, 3.63) is 28.2 Å². The van der Waals surface area contributed by atoms with Crippen LogP contribution < -0.4 is 10.6 Å². The molecule has 1 heterocycles. The number of nitrogens with one attached hydrogen (secondary N) is 1. The van der Waals surface area contributed by atoms with Gasteiger partial charge in [0.15, 0.2) is 0 Å². The summed E-state index contributed by atoms with van der Waals surface area (Å²) in [5.41, 5.74) is 6.65. The third-order valence-corrected chi connectivity index (χ3v) is 4.12. The molecule has 0 radical (unpaired) electrons. The summed E-state index contributed by atoms with van der Waals surface area (Å²) in [7, 11) is 0. The molecule has 1 aromatic rings. The van der Waals surface area contributed by atoms with E-state index in [0.29, 0.717) is 28.7 Å². The van der Waals surface area contributed by atoms with Crippen LogP contribution in [-0.2, 0) is 0 Å². The minimum absolute atomic E-state index is 0.0263. The van der Waals surface area contributed by atoms with E-state index in [4.69, 9.17) is 11.1 Å². The topological polar surface area (TPSA) is 53.1 Å². The van der Waals surface area contributed by atoms with Gasteiger partial charge < -0.3 is 10.6 Å². The lowest BCUT2D eigenvalue weighted by molar-refractivity contribution is -0.175. The van der Waals surface area contributed by atoms with Gasteiger partial charge in [-0.05, 0) is 47.0 Å². The molecule has 0 amide bonds. The minimum atomic E-state index is -4.15. The van der Waals surface area contributed by atoms with Crippen molar-refractivity contribution in [3.63, 3.8) is 0 Å². The van der Waals surface area contributed by atoms with E-state index < -0.39 is 12.1 Å². The molecule has 3 N–H and O–H groups in total. The molecule has 20 heavy (non-hydrogen) atoms. The van der Waals surface area contributed by atoms with Crippen molar-refractivity contribution in [2.45, 2.75) is 19.0 Å². The lowest BCUT2D eigenvalue weighted by Gasteiger charge is -2.35. The molecule has 2 rings (SSSR count). The monoisotopic (exact) mass is 349 g/mol. The van der Waals surface area contributed by atoms with Crippen LogP contribution in [0.25, 0.3) is 0 Å². The van der Waals surface area contributed by atoms with Gasteiger partial charge in [-0.15, -0.1) is 0 Å². The lowest BCUT2D eigenvalue weighted by atomic mass is 9.97. The second-order valence-electron chi connectivity index (χ2n) is 4.91. The van der Waals surface area contributed by atoms with E-state index in [1.54, 1.807) is 23.1 Å². The highest BCUT2D eigenvalue weighted by atomic mass is 79.9. The maximum atomic E-state index is 12.8. The number of nitrogens with zero attached hydrogens (tertiary/aromatic N) is 1. The molecule has 1 saturated heterocycles. The van der Waals surface area contributed by atoms with Gasteiger partial charge in [0, 0.05) is 23.1 Å². The van der Waals surface area contributed by atoms with Crippen LogP contribution in [0.15, 0.2) is 22.7 Å². The number of anilines is 1. The second-order valence-corrected chi connectivity index (χ2v) is 5.76. The molecule has 1 unspecified atom stereocenters. The summed E-state index contributed by atoms with van der Waals surface area (Å²) in [6, 6.07) is 5.02. The Morgan fingerprint density at radius 2 is 2.10 bits per heavy atom. The largest absolute Gasteiger partial charge is 0.393 e. The number of rotatable bonds is 2. The van der Waals surface area contributed by atoms with E-state index in [1.807, 2.05) is 0 Å². The number of halogens is 4.